The minimum atomic E-state index is -0.438. The standard InChI is InChI=1S/C20H16ClN3O3/c1-13(23-24-20(26)18-6-3-11-27-18)15-4-2-5-17(12-15)22-19(25)14-7-9-16(21)10-8-14/h2-12H,1H3,(H,22,25)(H,24,26). The maximum atomic E-state index is 12.3. The number of nitrogens with one attached hydrogen (secondary N) is 2. The van der Waals surface area contributed by atoms with E-state index in [9.17, 15) is 9.59 Å². The van der Waals surface area contributed by atoms with Gasteiger partial charge in [0.25, 0.3) is 5.91 Å². The van der Waals surface area contributed by atoms with E-state index in [1.165, 1.54) is 6.26 Å². The van der Waals surface area contributed by atoms with E-state index >= 15 is 0 Å². The molecule has 136 valence electrons. The summed E-state index contributed by atoms with van der Waals surface area (Å²) in [5.41, 5.74) is 4.88. The first-order valence-corrected chi connectivity index (χ1v) is 8.46. The fourth-order valence-corrected chi connectivity index (χ4v) is 2.41. The quantitative estimate of drug-likeness (QED) is 0.509. The van der Waals surface area contributed by atoms with Crippen LogP contribution in [0.25, 0.3) is 0 Å². The van der Waals surface area contributed by atoms with Crippen LogP contribution in [0, 0.1) is 0 Å². The van der Waals surface area contributed by atoms with Crippen LogP contribution in [0.5, 0.6) is 0 Å². The zero-order chi connectivity index (χ0) is 19.2. The van der Waals surface area contributed by atoms with Crippen molar-refractivity contribution in [1.29, 1.82) is 0 Å². The molecule has 0 aliphatic carbocycles. The Morgan fingerprint density at radius 1 is 0.963 bits per heavy atom. The number of hydrogen-bond acceptors (Lipinski definition) is 4. The summed E-state index contributed by atoms with van der Waals surface area (Å²) in [7, 11) is 0. The predicted molar refractivity (Wildman–Crippen MR) is 104 cm³/mol. The van der Waals surface area contributed by atoms with Gasteiger partial charge in [0.15, 0.2) is 5.76 Å². The monoisotopic (exact) mass is 381 g/mol. The summed E-state index contributed by atoms with van der Waals surface area (Å²) >= 11 is 5.84. The zero-order valence-electron chi connectivity index (χ0n) is 14.4. The van der Waals surface area contributed by atoms with Crippen LogP contribution in [0.15, 0.2) is 76.4 Å². The number of carbonyl (C=O) groups excluding carboxylic acids is 2. The second kappa shape index (κ2) is 8.33. The van der Waals surface area contributed by atoms with Gasteiger partial charge >= 0.3 is 5.91 Å². The van der Waals surface area contributed by atoms with Crippen molar-refractivity contribution in [3.8, 4) is 0 Å². The van der Waals surface area contributed by atoms with Crippen LogP contribution in [-0.4, -0.2) is 17.5 Å². The van der Waals surface area contributed by atoms with Gasteiger partial charge in [-0.2, -0.15) is 5.10 Å². The Kier molecular flexibility index (Phi) is 5.68. The Morgan fingerprint density at radius 2 is 1.74 bits per heavy atom. The Balaban J connectivity index is 1.69. The summed E-state index contributed by atoms with van der Waals surface area (Å²) in [5.74, 6) is -0.508. The number of benzene rings is 2. The third-order valence-corrected chi connectivity index (χ3v) is 3.97. The first kappa shape index (κ1) is 18.4. The Labute approximate surface area is 160 Å². The molecule has 0 saturated carbocycles. The highest BCUT2D eigenvalue weighted by molar-refractivity contribution is 6.30. The number of rotatable bonds is 5. The van der Waals surface area contributed by atoms with Crippen LogP contribution in [0.3, 0.4) is 0 Å². The summed E-state index contributed by atoms with van der Waals surface area (Å²) in [5, 5.41) is 7.46. The lowest BCUT2D eigenvalue weighted by atomic mass is 10.1. The number of carbonyl (C=O) groups is 2. The normalized spacial score (nSPS) is 11.1. The molecule has 0 atom stereocenters. The van der Waals surface area contributed by atoms with Gasteiger partial charge in [0, 0.05) is 16.3 Å². The fraction of sp³-hybridized carbons (Fsp3) is 0.0500. The molecule has 1 heterocycles. The summed E-state index contributed by atoms with van der Waals surface area (Å²) in [6.45, 7) is 1.75. The number of amides is 2. The third-order valence-electron chi connectivity index (χ3n) is 3.71. The Morgan fingerprint density at radius 3 is 2.44 bits per heavy atom. The zero-order valence-corrected chi connectivity index (χ0v) is 15.2. The largest absolute Gasteiger partial charge is 0.459 e. The maximum Gasteiger partial charge on any atom is 0.307 e. The number of halogens is 1. The summed E-state index contributed by atoms with van der Waals surface area (Å²) in [6.07, 6.45) is 1.42. The second-order valence-electron chi connectivity index (χ2n) is 5.66. The highest BCUT2D eigenvalue weighted by Gasteiger charge is 2.09. The van der Waals surface area contributed by atoms with E-state index in [0.717, 1.165) is 5.56 Å². The molecule has 0 fully saturated rings. The first-order chi connectivity index (χ1) is 13.0. The van der Waals surface area contributed by atoms with E-state index < -0.39 is 5.91 Å². The van der Waals surface area contributed by atoms with Crippen LogP contribution < -0.4 is 10.7 Å². The Bertz CT molecular complexity index is 980. The van der Waals surface area contributed by atoms with E-state index in [2.05, 4.69) is 15.8 Å². The summed E-state index contributed by atoms with van der Waals surface area (Å²) in [6, 6.07) is 17.0. The molecule has 0 bridgehead atoms. The number of hydrogen-bond donors (Lipinski definition) is 2. The first-order valence-electron chi connectivity index (χ1n) is 8.08. The van der Waals surface area contributed by atoms with Crippen molar-refractivity contribution in [1.82, 2.24) is 5.43 Å². The van der Waals surface area contributed by atoms with Crippen molar-refractivity contribution in [3.63, 3.8) is 0 Å². The van der Waals surface area contributed by atoms with Crippen LogP contribution in [-0.2, 0) is 0 Å². The molecule has 6 nitrogen and oxygen atoms in total. The molecule has 0 saturated heterocycles. The number of nitrogens with zero attached hydrogens (tertiary/aromatic N) is 1. The molecule has 0 radical (unpaired) electrons. The van der Waals surface area contributed by atoms with Crippen LogP contribution in [0.2, 0.25) is 5.02 Å². The van der Waals surface area contributed by atoms with Crippen LogP contribution in [0.1, 0.15) is 33.4 Å². The lowest BCUT2D eigenvalue weighted by molar-refractivity contribution is 0.0926. The van der Waals surface area contributed by atoms with E-state index in [1.54, 1.807) is 61.5 Å². The van der Waals surface area contributed by atoms with Gasteiger partial charge in [-0.15, -0.1) is 0 Å². The average molecular weight is 382 g/mol. The van der Waals surface area contributed by atoms with Gasteiger partial charge in [0.2, 0.25) is 0 Å². The van der Waals surface area contributed by atoms with Gasteiger partial charge in [-0.05, 0) is 61.0 Å². The SMILES string of the molecule is CC(=NNC(=O)c1ccco1)c1cccc(NC(=O)c2ccc(Cl)cc2)c1. The molecule has 1 aromatic heterocycles. The molecule has 7 heteroatoms. The van der Waals surface area contributed by atoms with Crippen molar-refractivity contribution < 1.29 is 14.0 Å². The average Bonchev–Trinajstić information content (AvgIpc) is 3.21. The molecule has 0 aliphatic rings. The molecule has 2 aromatic carbocycles. The maximum absolute atomic E-state index is 12.3. The number of hydrazone groups is 1. The Hall–Kier alpha value is -3.38. The highest BCUT2D eigenvalue weighted by atomic mass is 35.5. The van der Waals surface area contributed by atoms with Crippen molar-refractivity contribution in [3.05, 3.63) is 88.8 Å². The van der Waals surface area contributed by atoms with E-state index in [0.29, 0.717) is 22.0 Å². The fourth-order valence-electron chi connectivity index (χ4n) is 2.29. The van der Waals surface area contributed by atoms with E-state index in [-0.39, 0.29) is 11.7 Å². The topological polar surface area (TPSA) is 83.7 Å². The molecular weight excluding hydrogens is 366 g/mol. The summed E-state index contributed by atoms with van der Waals surface area (Å²) < 4.78 is 5.01. The molecule has 3 aromatic rings. The number of anilines is 1. The highest BCUT2D eigenvalue weighted by Crippen LogP contribution is 2.15. The van der Waals surface area contributed by atoms with Gasteiger partial charge in [-0.25, -0.2) is 5.43 Å². The van der Waals surface area contributed by atoms with E-state index in [4.69, 9.17) is 16.0 Å². The predicted octanol–water partition coefficient (Wildman–Crippen LogP) is 4.34. The van der Waals surface area contributed by atoms with Crippen molar-refractivity contribution in [2.45, 2.75) is 6.92 Å². The molecule has 27 heavy (non-hydrogen) atoms. The molecule has 2 N–H and O–H groups in total. The molecule has 2 amide bonds. The lowest BCUT2D eigenvalue weighted by Gasteiger charge is -2.08. The van der Waals surface area contributed by atoms with Crippen LogP contribution in [0.4, 0.5) is 5.69 Å². The minimum absolute atomic E-state index is 0.176. The minimum Gasteiger partial charge on any atom is -0.459 e. The van der Waals surface area contributed by atoms with Crippen molar-refractivity contribution in [2.24, 2.45) is 5.10 Å². The van der Waals surface area contributed by atoms with Crippen LogP contribution >= 0.6 is 11.6 Å². The lowest BCUT2D eigenvalue weighted by Crippen LogP contribution is -2.18. The van der Waals surface area contributed by atoms with E-state index in [1.807, 2.05) is 6.07 Å². The smallest absolute Gasteiger partial charge is 0.307 e. The molecule has 0 unspecified atom stereocenters. The van der Waals surface area contributed by atoms with Gasteiger partial charge in [-0.3, -0.25) is 9.59 Å². The second-order valence-corrected chi connectivity index (χ2v) is 6.09. The molecular formula is C20H16ClN3O3. The molecule has 0 spiro atoms. The van der Waals surface area contributed by atoms with Gasteiger partial charge in [-0.1, -0.05) is 23.7 Å². The van der Waals surface area contributed by atoms with Crippen molar-refractivity contribution >= 4 is 34.8 Å². The van der Waals surface area contributed by atoms with Crippen molar-refractivity contribution in [2.75, 3.05) is 5.32 Å². The third kappa shape index (κ3) is 4.83. The number of furan rings is 1. The summed E-state index contributed by atoms with van der Waals surface area (Å²) in [4.78, 5) is 24.2. The molecule has 3 rings (SSSR count). The molecule has 0 aliphatic heterocycles. The van der Waals surface area contributed by atoms with Gasteiger partial charge in [0.1, 0.15) is 0 Å². The van der Waals surface area contributed by atoms with Gasteiger partial charge in [0.05, 0.1) is 12.0 Å². The van der Waals surface area contributed by atoms with Gasteiger partial charge < -0.3 is 9.73 Å².